The summed E-state index contributed by atoms with van der Waals surface area (Å²) < 4.78 is 5.43. The van der Waals surface area contributed by atoms with Gasteiger partial charge in [0.2, 0.25) is 0 Å². The lowest BCUT2D eigenvalue weighted by molar-refractivity contribution is -0.138. The highest BCUT2D eigenvalue weighted by molar-refractivity contribution is 5.86. The van der Waals surface area contributed by atoms with Crippen LogP contribution in [0.4, 0.5) is 0 Å². The molecule has 3 rings (SSSR count). The fourth-order valence-corrected chi connectivity index (χ4v) is 2.64. The van der Waals surface area contributed by atoms with Gasteiger partial charge >= 0.3 is 5.97 Å². The van der Waals surface area contributed by atoms with E-state index < -0.39 is 0 Å². The summed E-state index contributed by atoms with van der Waals surface area (Å²) in [7, 11) is 0. The zero-order valence-electron chi connectivity index (χ0n) is 10.6. The molecule has 1 saturated carbocycles. The molecule has 1 aliphatic rings. The summed E-state index contributed by atoms with van der Waals surface area (Å²) in [5.74, 6) is 0.693. The molecule has 0 spiro atoms. The summed E-state index contributed by atoms with van der Waals surface area (Å²) >= 11 is 0. The van der Waals surface area contributed by atoms with Crippen LogP contribution in [0.15, 0.2) is 36.4 Å². The lowest BCUT2D eigenvalue weighted by Crippen LogP contribution is -2.17. The molecule has 1 aliphatic carbocycles. The molecule has 1 fully saturated rings. The van der Waals surface area contributed by atoms with Gasteiger partial charge in [0, 0.05) is 0 Å². The van der Waals surface area contributed by atoms with Gasteiger partial charge in [0.25, 0.3) is 0 Å². The minimum absolute atomic E-state index is 0.0554. The average molecular weight is 256 g/mol. The zero-order valence-corrected chi connectivity index (χ0v) is 10.6. The average Bonchev–Trinajstić information content (AvgIpc) is 2.92. The van der Waals surface area contributed by atoms with E-state index in [-0.39, 0.29) is 17.6 Å². The summed E-state index contributed by atoms with van der Waals surface area (Å²) in [5, 5.41) is 11.4. The van der Waals surface area contributed by atoms with Crippen molar-refractivity contribution in [2.45, 2.75) is 25.7 Å². The third kappa shape index (κ3) is 2.55. The second-order valence-electron chi connectivity index (χ2n) is 5.10. The van der Waals surface area contributed by atoms with Crippen molar-refractivity contribution in [2.75, 3.05) is 0 Å². The number of phenols is 1. The van der Waals surface area contributed by atoms with Gasteiger partial charge in [-0.1, -0.05) is 25.0 Å². The van der Waals surface area contributed by atoms with E-state index in [4.69, 9.17) is 4.74 Å². The molecule has 2 aromatic carbocycles. The number of esters is 1. The summed E-state index contributed by atoms with van der Waals surface area (Å²) in [5.41, 5.74) is 0. The number of phenolic OH excluding ortho intramolecular Hbond substituents is 1. The zero-order chi connectivity index (χ0) is 13.2. The maximum atomic E-state index is 11.9. The summed E-state index contributed by atoms with van der Waals surface area (Å²) in [6.45, 7) is 0. The second kappa shape index (κ2) is 4.92. The minimum atomic E-state index is -0.128. The molecule has 3 nitrogen and oxygen atoms in total. The highest BCUT2D eigenvalue weighted by atomic mass is 16.5. The molecule has 3 heteroatoms. The van der Waals surface area contributed by atoms with Crippen LogP contribution < -0.4 is 4.74 Å². The molecule has 0 amide bonds. The van der Waals surface area contributed by atoms with Crippen molar-refractivity contribution in [3.05, 3.63) is 36.4 Å². The number of carbonyl (C=O) groups is 1. The Kier molecular flexibility index (Phi) is 3.11. The van der Waals surface area contributed by atoms with Crippen molar-refractivity contribution in [2.24, 2.45) is 5.92 Å². The van der Waals surface area contributed by atoms with Crippen LogP contribution in [-0.2, 0) is 4.79 Å². The Labute approximate surface area is 111 Å². The van der Waals surface area contributed by atoms with Crippen LogP contribution in [0, 0.1) is 5.92 Å². The molecule has 98 valence electrons. The predicted octanol–water partition coefficient (Wildman–Crippen LogP) is 3.64. The van der Waals surface area contributed by atoms with Crippen LogP contribution in [0.5, 0.6) is 11.5 Å². The molecule has 0 atom stereocenters. The van der Waals surface area contributed by atoms with Gasteiger partial charge in [-0.15, -0.1) is 0 Å². The first-order valence-corrected chi connectivity index (χ1v) is 6.67. The van der Waals surface area contributed by atoms with E-state index in [9.17, 15) is 9.90 Å². The van der Waals surface area contributed by atoms with Gasteiger partial charge in [-0.3, -0.25) is 4.79 Å². The second-order valence-corrected chi connectivity index (χ2v) is 5.10. The van der Waals surface area contributed by atoms with Gasteiger partial charge < -0.3 is 9.84 Å². The third-order valence-corrected chi connectivity index (χ3v) is 3.70. The predicted molar refractivity (Wildman–Crippen MR) is 73.2 cm³/mol. The normalized spacial score (nSPS) is 15.8. The maximum Gasteiger partial charge on any atom is 0.314 e. The minimum Gasteiger partial charge on any atom is -0.508 e. The number of aromatic hydroxyl groups is 1. The van der Waals surface area contributed by atoms with E-state index in [0.29, 0.717) is 5.75 Å². The Balaban J connectivity index is 1.82. The van der Waals surface area contributed by atoms with Crippen molar-refractivity contribution in [3.63, 3.8) is 0 Å². The van der Waals surface area contributed by atoms with E-state index >= 15 is 0 Å². The first kappa shape index (κ1) is 12.0. The number of hydrogen-bond donors (Lipinski definition) is 1. The van der Waals surface area contributed by atoms with E-state index in [1.807, 2.05) is 12.1 Å². The topological polar surface area (TPSA) is 46.5 Å². The van der Waals surface area contributed by atoms with Crippen LogP contribution in [0.3, 0.4) is 0 Å². The largest absolute Gasteiger partial charge is 0.508 e. The standard InChI is InChI=1S/C16H16O3/c17-14-7-5-11-6-8-15(10-13(11)9-14)19-16(18)12-3-1-2-4-12/h5-10,12,17H,1-4H2. The van der Waals surface area contributed by atoms with Gasteiger partial charge in [-0.05, 0) is 47.9 Å². The maximum absolute atomic E-state index is 11.9. The summed E-state index contributed by atoms with van der Waals surface area (Å²) in [6.07, 6.45) is 4.11. The first-order chi connectivity index (χ1) is 9.22. The van der Waals surface area contributed by atoms with Crippen LogP contribution in [0.2, 0.25) is 0 Å². The lowest BCUT2D eigenvalue weighted by atomic mass is 10.1. The molecule has 0 saturated heterocycles. The SMILES string of the molecule is O=C(Oc1ccc2ccc(O)cc2c1)C1CCCC1. The van der Waals surface area contributed by atoms with Gasteiger partial charge in [0.05, 0.1) is 5.92 Å². The number of rotatable bonds is 2. The number of carbonyl (C=O) groups excluding carboxylic acids is 1. The molecule has 19 heavy (non-hydrogen) atoms. The number of benzene rings is 2. The van der Waals surface area contributed by atoms with E-state index in [1.165, 1.54) is 0 Å². The van der Waals surface area contributed by atoms with Crippen LogP contribution in [-0.4, -0.2) is 11.1 Å². The molecule has 0 heterocycles. The molecule has 0 aliphatic heterocycles. The number of hydrogen-bond acceptors (Lipinski definition) is 3. The number of ether oxygens (including phenoxy) is 1. The third-order valence-electron chi connectivity index (χ3n) is 3.70. The molecule has 1 N–H and O–H groups in total. The Morgan fingerprint density at radius 2 is 1.79 bits per heavy atom. The van der Waals surface area contributed by atoms with Crippen LogP contribution in [0.25, 0.3) is 10.8 Å². The molecule has 0 bridgehead atoms. The Hall–Kier alpha value is -2.03. The van der Waals surface area contributed by atoms with Gasteiger partial charge in [0.1, 0.15) is 11.5 Å². The van der Waals surface area contributed by atoms with Gasteiger partial charge in [-0.25, -0.2) is 0 Å². The van der Waals surface area contributed by atoms with E-state index in [0.717, 1.165) is 36.5 Å². The Bertz CT molecular complexity index is 612. The van der Waals surface area contributed by atoms with Crippen molar-refractivity contribution >= 4 is 16.7 Å². The quantitative estimate of drug-likeness (QED) is 0.659. The molecule has 0 aromatic heterocycles. The fourth-order valence-electron chi connectivity index (χ4n) is 2.64. The fraction of sp³-hybridized carbons (Fsp3) is 0.312. The van der Waals surface area contributed by atoms with Crippen LogP contribution >= 0.6 is 0 Å². The van der Waals surface area contributed by atoms with E-state index in [2.05, 4.69) is 0 Å². The van der Waals surface area contributed by atoms with Crippen molar-refractivity contribution in [1.29, 1.82) is 0 Å². The van der Waals surface area contributed by atoms with Gasteiger partial charge in [0.15, 0.2) is 0 Å². The molecule has 0 unspecified atom stereocenters. The molecule has 0 radical (unpaired) electrons. The Morgan fingerprint density at radius 1 is 1.05 bits per heavy atom. The molecular weight excluding hydrogens is 240 g/mol. The van der Waals surface area contributed by atoms with E-state index in [1.54, 1.807) is 24.3 Å². The lowest BCUT2D eigenvalue weighted by Gasteiger charge is -2.10. The highest BCUT2D eigenvalue weighted by Crippen LogP contribution is 2.28. The Morgan fingerprint density at radius 3 is 2.58 bits per heavy atom. The molecular formula is C16H16O3. The summed E-state index contributed by atoms with van der Waals surface area (Å²) in [4.78, 5) is 11.9. The van der Waals surface area contributed by atoms with Crippen LogP contribution in [0.1, 0.15) is 25.7 Å². The number of fused-ring (bicyclic) bond motifs is 1. The van der Waals surface area contributed by atoms with Crippen molar-refractivity contribution < 1.29 is 14.6 Å². The smallest absolute Gasteiger partial charge is 0.314 e. The van der Waals surface area contributed by atoms with Crippen molar-refractivity contribution in [1.82, 2.24) is 0 Å². The summed E-state index contributed by atoms with van der Waals surface area (Å²) in [6, 6.07) is 10.6. The monoisotopic (exact) mass is 256 g/mol. The van der Waals surface area contributed by atoms with Crippen molar-refractivity contribution in [3.8, 4) is 11.5 Å². The van der Waals surface area contributed by atoms with Gasteiger partial charge in [-0.2, -0.15) is 0 Å². The molecule has 2 aromatic rings. The highest BCUT2D eigenvalue weighted by Gasteiger charge is 2.24. The first-order valence-electron chi connectivity index (χ1n) is 6.67.